The highest BCUT2D eigenvalue weighted by molar-refractivity contribution is 5.81. The zero-order chi connectivity index (χ0) is 13.3. The number of alkyl halides is 3. The lowest BCUT2D eigenvalue weighted by molar-refractivity contribution is -0.205. The molecule has 0 spiro atoms. The SMILES string of the molecule is CNC(=O)[C@@H](N)[C@@H](C)OCC1(C(F)(F)F)CC1. The summed E-state index contributed by atoms with van der Waals surface area (Å²) in [7, 11) is 1.41. The van der Waals surface area contributed by atoms with Gasteiger partial charge in [0, 0.05) is 7.05 Å². The molecule has 0 bridgehead atoms. The number of halogens is 3. The first-order valence-corrected chi connectivity index (χ1v) is 5.39. The fraction of sp³-hybridized carbons (Fsp3) is 0.900. The summed E-state index contributed by atoms with van der Waals surface area (Å²) >= 11 is 0. The highest BCUT2D eigenvalue weighted by Gasteiger charge is 2.63. The average molecular weight is 254 g/mol. The Kier molecular flexibility index (Phi) is 4.03. The van der Waals surface area contributed by atoms with Gasteiger partial charge in [-0.15, -0.1) is 0 Å². The molecule has 3 N–H and O–H groups in total. The average Bonchev–Trinajstić information content (AvgIpc) is 3.03. The van der Waals surface area contributed by atoms with E-state index < -0.39 is 36.3 Å². The second kappa shape index (κ2) is 4.81. The van der Waals surface area contributed by atoms with Crippen molar-refractivity contribution < 1.29 is 22.7 Å². The summed E-state index contributed by atoms with van der Waals surface area (Å²) in [5, 5.41) is 2.32. The van der Waals surface area contributed by atoms with Gasteiger partial charge in [-0.25, -0.2) is 0 Å². The molecule has 2 atom stereocenters. The highest BCUT2D eigenvalue weighted by Crippen LogP contribution is 2.57. The Labute approximate surface area is 97.7 Å². The molecule has 0 aromatic heterocycles. The molecule has 1 aliphatic carbocycles. The fourth-order valence-electron chi connectivity index (χ4n) is 1.44. The van der Waals surface area contributed by atoms with E-state index in [1.54, 1.807) is 0 Å². The first kappa shape index (κ1) is 14.2. The Morgan fingerprint density at radius 2 is 2.06 bits per heavy atom. The van der Waals surface area contributed by atoms with Crippen molar-refractivity contribution in [3.8, 4) is 0 Å². The molecule has 0 saturated heterocycles. The van der Waals surface area contributed by atoms with E-state index in [4.69, 9.17) is 10.5 Å². The van der Waals surface area contributed by atoms with Crippen LogP contribution in [0.4, 0.5) is 13.2 Å². The number of ether oxygens (including phenoxy) is 1. The molecule has 0 radical (unpaired) electrons. The van der Waals surface area contributed by atoms with Crippen molar-refractivity contribution in [3.05, 3.63) is 0 Å². The minimum atomic E-state index is -4.25. The third-order valence-corrected chi connectivity index (χ3v) is 3.13. The number of likely N-dealkylation sites (N-methyl/N-ethyl adjacent to an activating group) is 1. The monoisotopic (exact) mass is 254 g/mol. The molecular formula is C10H17F3N2O2. The van der Waals surface area contributed by atoms with Crippen LogP contribution in [0.25, 0.3) is 0 Å². The summed E-state index contributed by atoms with van der Waals surface area (Å²) in [6.07, 6.45) is -4.82. The minimum Gasteiger partial charge on any atom is -0.375 e. The van der Waals surface area contributed by atoms with Crippen LogP contribution in [-0.4, -0.2) is 37.9 Å². The Hall–Kier alpha value is -0.820. The Balaban J connectivity index is 2.44. The molecule has 1 fully saturated rings. The van der Waals surface area contributed by atoms with Gasteiger partial charge in [-0.3, -0.25) is 4.79 Å². The third-order valence-electron chi connectivity index (χ3n) is 3.13. The molecule has 17 heavy (non-hydrogen) atoms. The van der Waals surface area contributed by atoms with Crippen molar-refractivity contribution >= 4 is 5.91 Å². The van der Waals surface area contributed by atoms with Crippen LogP contribution in [-0.2, 0) is 9.53 Å². The molecule has 0 aliphatic heterocycles. The maximum Gasteiger partial charge on any atom is 0.396 e. The molecule has 100 valence electrons. The summed E-state index contributed by atoms with van der Waals surface area (Å²) in [5.41, 5.74) is 3.79. The fourth-order valence-corrected chi connectivity index (χ4v) is 1.44. The number of rotatable bonds is 5. The van der Waals surface area contributed by atoms with Crippen LogP contribution in [0.5, 0.6) is 0 Å². The van der Waals surface area contributed by atoms with Gasteiger partial charge in [0.2, 0.25) is 5.91 Å². The minimum absolute atomic E-state index is 0.0818. The first-order valence-electron chi connectivity index (χ1n) is 5.39. The molecule has 4 nitrogen and oxygen atoms in total. The van der Waals surface area contributed by atoms with Crippen molar-refractivity contribution in [1.29, 1.82) is 0 Å². The Morgan fingerprint density at radius 1 is 1.53 bits per heavy atom. The quantitative estimate of drug-likeness (QED) is 0.763. The van der Waals surface area contributed by atoms with Crippen molar-refractivity contribution in [3.63, 3.8) is 0 Å². The van der Waals surface area contributed by atoms with E-state index >= 15 is 0 Å². The Bertz CT molecular complexity index is 290. The maximum absolute atomic E-state index is 12.6. The third kappa shape index (κ3) is 3.10. The topological polar surface area (TPSA) is 64.4 Å². The van der Waals surface area contributed by atoms with Crippen LogP contribution >= 0.6 is 0 Å². The van der Waals surface area contributed by atoms with Crippen molar-refractivity contribution in [2.75, 3.05) is 13.7 Å². The van der Waals surface area contributed by atoms with Crippen LogP contribution in [0.2, 0.25) is 0 Å². The number of hydrogen-bond acceptors (Lipinski definition) is 3. The van der Waals surface area contributed by atoms with Gasteiger partial charge in [-0.2, -0.15) is 13.2 Å². The summed E-state index contributed by atoms with van der Waals surface area (Å²) in [6.45, 7) is 1.06. The molecule has 0 aromatic rings. The maximum atomic E-state index is 12.6. The van der Waals surface area contributed by atoms with Gasteiger partial charge in [0.1, 0.15) is 6.04 Å². The molecule has 1 amide bonds. The number of nitrogens with one attached hydrogen (secondary N) is 1. The van der Waals surface area contributed by atoms with Gasteiger partial charge in [0.25, 0.3) is 0 Å². The van der Waals surface area contributed by atoms with E-state index in [0.717, 1.165) is 0 Å². The van der Waals surface area contributed by atoms with E-state index in [-0.39, 0.29) is 12.8 Å². The summed E-state index contributed by atoms with van der Waals surface area (Å²) < 4.78 is 42.8. The van der Waals surface area contributed by atoms with E-state index in [2.05, 4.69) is 5.32 Å². The van der Waals surface area contributed by atoms with Gasteiger partial charge in [-0.1, -0.05) is 0 Å². The van der Waals surface area contributed by atoms with Crippen LogP contribution in [0.15, 0.2) is 0 Å². The molecule has 0 heterocycles. The molecular weight excluding hydrogens is 237 g/mol. The molecule has 0 unspecified atom stereocenters. The number of hydrogen-bond donors (Lipinski definition) is 2. The van der Waals surface area contributed by atoms with Crippen molar-refractivity contribution in [2.45, 2.75) is 38.1 Å². The molecule has 1 rings (SSSR count). The number of nitrogens with two attached hydrogens (primary N) is 1. The zero-order valence-electron chi connectivity index (χ0n) is 9.80. The number of carbonyl (C=O) groups is 1. The van der Waals surface area contributed by atoms with Crippen LogP contribution in [0.1, 0.15) is 19.8 Å². The lowest BCUT2D eigenvalue weighted by atomic mass is 10.1. The van der Waals surface area contributed by atoms with Gasteiger partial charge >= 0.3 is 6.18 Å². The van der Waals surface area contributed by atoms with Gasteiger partial charge in [-0.05, 0) is 19.8 Å². The van der Waals surface area contributed by atoms with Gasteiger partial charge < -0.3 is 15.8 Å². The lowest BCUT2D eigenvalue weighted by Gasteiger charge is -2.24. The van der Waals surface area contributed by atoms with Crippen LogP contribution < -0.4 is 11.1 Å². The van der Waals surface area contributed by atoms with Crippen molar-refractivity contribution in [1.82, 2.24) is 5.32 Å². The van der Waals surface area contributed by atoms with Crippen LogP contribution in [0.3, 0.4) is 0 Å². The highest BCUT2D eigenvalue weighted by atomic mass is 19.4. The number of carbonyl (C=O) groups excluding carboxylic acids is 1. The zero-order valence-corrected chi connectivity index (χ0v) is 9.80. The van der Waals surface area contributed by atoms with E-state index in [9.17, 15) is 18.0 Å². The molecule has 1 aliphatic rings. The largest absolute Gasteiger partial charge is 0.396 e. The first-order chi connectivity index (χ1) is 7.73. The van der Waals surface area contributed by atoms with E-state index in [1.807, 2.05) is 0 Å². The summed E-state index contributed by atoms with van der Waals surface area (Å²) in [4.78, 5) is 11.2. The normalized spacial score (nSPS) is 21.8. The number of amides is 1. The second-order valence-electron chi connectivity index (χ2n) is 4.43. The summed E-state index contributed by atoms with van der Waals surface area (Å²) in [5.74, 6) is -0.450. The van der Waals surface area contributed by atoms with Crippen molar-refractivity contribution in [2.24, 2.45) is 11.1 Å². The predicted molar refractivity (Wildman–Crippen MR) is 55.2 cm³/mol. The second-order valence-corrected chi connectivity index (χ2v) is 4.43. The van der Waals surface area contributed by atoms with E-state index in [1.165, 1.54) is 14.0 Å². The smallest absolute Gasteiger partial charge is 0.375 e. The van der Waals surface area contributed by atoms with Gasteiger partial charge in [0.05, 0.1) is 18.1 Å². The standard InChI is InChI=1S/C10H17F3N2O2/c1-6(7(14)8(16)15-2)17-5-9(3-4-9)10(11,12)13/h6-7H,3-5,14H2,1-2H3,(H,15,16)/t6-,7+/m1/s1. The summed E-state index contributed by atoms with van der Waals surface area (Å²) in [6, 6.07) is -0.955. The van der Waals surface area contributed by atoms with Gasteiger partial charge in [0.15, 0.2) is 0 Å². The molecule has 0 aromatic carbocycles. The lowest BCUT2D eigenvalue weighted by Crippen LogP contribution is -2.48. The molecule has 1 saturated carbocycles. The Morgan fingerprint density at radius 3 is 2.41 bits per heavy atom. The predicted octanol–water partition coefficient (Wildman–Crippen LogP) is 0.807. The molecule has 7 heteroatoms. The van der Waals surface area contributed by atoms with Crippen LogP contribution in [0, 0.1) is 5.41 Å². The van der Waals surface area contributed by atoms with E-state index in [0.29, 0.717) is 0 Å².